The number of hydrogen-bond donors (Lipinski definition) is 2. The molecule has 0 aliphatic heterocycles. The fourth-order valence-electron chi connectivity index (χ4n) is 4.02. The Morgan fingerprint density at radius 2 is 0.912 bits per heavy atom. The molecule has 0 atom stereocenters. The quantitative estimate of drug-likeness (QED) is 0.319. The molecule has 4 aromatic heterocycles. The molecule has 162 valence electrons. The number of H-pyrrole nitrogens is 2. The number of aromatic amines is 2. The van der Waals surface area contributed by atoms with Crippen LogP contribution in [0.1, 0.15) is 0 Å². The van der Waals surface area contributed by atoms with Crippen LogP contribution in [0.5, 0.6) is 0 Å². The van der Waals surface area contributed by atoms with E-state index in [1.165, 1.54) is 0 Å². The molecule has 5 nitrogen and oxygen atoms in total. The largest absolute Gasteiger partial charge is 0.438 e. The molecule has 0 aliphatic carbocycles. The Bertz CT molecular complexity index is 1440. The lowest BCUT2D eigenvalue weighted by Gasteiger charge is -2.02. The monoisotopic (exact) mass is 440 g/mol. The minimum absolute atomic E-state index is 0.611. The third-order valence-corrected chi connectivity index (χ3v) is 5.75. The van der Waals surface area contributed by atoms with Crippen molar-refractivity contribution in [3.8, 4) is 51.2 Å². The topological polar surface area (TPSA) is 61.2 Å². The molecule has 0 saturated heterocycles. The highest BCUT2D eigenvalue weighted by molar-refractivity contribution is 5.71. The highest BCUT2D eigenvalue weighted by atomic mass is 15.1. The second kappa shape index (κ2) is 8.64. The van der Waals surface area contributed by atoms with Crippen molar-refractivity contribution in [1.29, 1.82) is 0 Å². The van der Waals surface area contributed by atoms with Gasteiger partial charge in [-0.15, -0.1) is 0 Å². The van der Waals surface area contributed by atoms with Crippen LogP contribution >= 0.6 is 0 Å². The summed E-state index contributed by atoms with van der Waals surface area (Å²) in [7, 11) is 0. The number of nitrogens with zero attached hydrogens (tertiary/aromatic N) is 3. The second-order valence-corrected chi connectivity index (χ2v) is 8.02. The zero-order valence-electron chi connectivity index (χ0n) is 18.4. The molecular weight excluding hydrogens is 418 g/mol. The summed E-state index contributed by atoms with van der Waals surface area (Å²) in [5.74, 6) is 0.611. The maximum Gasteiger partial charge on any atom is 0.438 e. The van der Waals surface area contributed by atoms with Crippen molar-refractivity contribution >= 4 is 0 Å². The molecule has 0 amide bonds. The van der Waals surface area contributed by atoms with E-state index in [1.54, 1.807) is 0 Å². The summed E-state index contributed by atoms with van der Waals surface area (Å²) in [4.78, 5) is 16.8. The normalized spacial score (nSPS) is 10.9. The number of nitrogens with one attached hydrogen (secondary N) is 2. The molecule has 2 aromatic carbocycles. The Balaban J connectivity index is 1.45. The van der Waals surface area contributed by atoms with E-state index in [9.17, 15) is 0 Å². The van der Waals surface area contributed by atoms with Crippen molar-refractivity contribution < 1.29 is 4.57 Å². The maximum atomic E-state index is 4.88. The van der Waals surface area contributed by atoms with Gasteiger partial charge in [0.25, 0.3) is 0 Å². The lowest BCUT2D eigenvalue weighted by molar-refractivity contribution is -0.603. The minimum Gasteiger partial charge on any atom is -0.352 e. The van der Waals surface area contributed by atoms with Crippen LogP contribution in [0, 0.1) is 0 Å². The highest BCUT2D eigenvalue weighted by Gasteiger charge is 2.20. The first-order chi connectivity index (χ1) is 16.8. The van der Waals surface area contributed by atoms with Gasteiger partial charge in [0.2, 0.25) is 0 Å². The molecule has 0 aliphatic rings. The molecule has 0 unspecified atom stereocenters. The van der Waals surface area contributed by atoms with Crippen LogP contribution in [0.4, 0.5) is 0 Å². The Labute approximate surface area is 197 Å². The average molecular weight is 441 g/mol. The Hall–Kier alpha value is -4.77. The Morgan fingerprint density at radius 3 is 1.41 bits per heavy atom. The van der Waals surface area contributed by atoms with E-state index in [2.05, 4.69) is 58.5 Å². The van der Waals surface area contributed by atoms with Gasteiger partial charge in [-0.2, -0.15) is 0 Å². The fourth-order valence-corrected chi connectivity index (χ4v) is 4.02. The molecule has 5 heteroatoms. The summed E-state index contributed by atoms with van der Waals surface area (Å²) < 4.78 is 1.93. The van der Waals surface area contributed by atoms with E-state index in [1.807, 2.05) is 77.6 Å². The first-order valence-electron chi connectivity index (χ1n) is 11.2. The fraction of sp³-hybridized carbons (Fsp3) is 0. The molecule has 4 heterocycles. The first kappa shape index (κ1) is 19.9. The molecule has 0 radical (unpaired) electrons. The molecule has 0 bridgehead atoms. The average Bonchev–Trinajstić information content (AvgIpc) is 3.61. The summed E-state index contributed by atoms with van der Waals surface area (Å²) in [6.45, 7) is 0. The van der Waals surface area contributed by atoms with Gasteiger partial charge in [-0.1, -0.05) is 76.7 Å². The molecule has 34 heavy (non-hydrogen) atoms. The van der Waals surface area contributed by atoms with Crippen molar-refractivity contribution in [1.82, 2.24) is 19.9 Å². The van der Waals surface area contributed by atoms with Gasteiger partial charge in [0.1, 0.15) is 0 Å². The molecule has 2 N–H and O–H groups in total. The number of hydrogen-bond acceptors (Lipinski definition) is 2. The lowest BCUT2D eigenvalue weighted by atomic mass is 10.2. The summed E-state index contributed by atoms with van der Waals surface area (Å²) in [6.07, 6.45) is 3.91. The van der Waals surface area contributed by atoms with Gasteiger partial charge in [-0.3, -0.25) is 0 Å². The maximum absolute atomic E-state index is 4.88. The number of rotatable bonds is 5. The SMILES string of the molecule is c1ccc(-c2ccc(-c3cc(-c4ccc(-c5ccccc5)[nH]4)nc(-[n+]4ccccc4)n3)[nH]2)cc1. The second-order valence-electron chi connectivity index (χ2n) is 8.02. The molecule has 0 spiro atoms. The number of aromatic nitrogens is 5. The van der Waals surface area contributed by atoms with E-state index in [0.29, 0.717) is 5.95 Å². The Kier molecular flexibility index (Phi) is 5.05. The minimum atomic E-state index is 0.611. The van der Waals surface area contributed by atoms with Gasteiger partial charge in [-0.25, -0.2) is 4.57 Å². The van der Waals surface area contributed by atoms with Crippen molar-refractivity contribution in [2.75, 3.05) is 0 Å². The van der Waals surface area contributed by atoms with E-state index >= 15 is 0 Å². The molecule has 6 rings (SSSR count). The van der Waals surface area contributed by atoms with Gasteiger partial charge in [0.05, 0.1) is 23.8 Å². The number of benzene rings is 2. The molecule has 0 fully saturated rings. The van der Waals surface area contributed by atoms with Crippen molar-refractivity contribution in [2.45, 2.75) is 0 Å². The lowest BCUT2D eigenvalue weighted by Crippen LogP contribution is -2.32. The Morgan fingerprint density at radius 1 is 0.471 bits per heavy atom. The van der Waals surface area contributed by atoms with Gasteiger partial charge in [0.15, 0.2) is 11.4 Å². The smallest absolute Gasteiger partial charge is 0.352 e. The van der Waals surface area contributed by atoms with Crippen LogP contribution in [0.2, 0.25) is 0 Å². The summed E-state index contributed by atoms with van der Waals surface area (Å²) in [5.41, 5.74) is 7.91. The van der Waals surface area contributed by atoms with E-state index in [4.69, 9.17) is 9.97 Å². The zero-order chi connectivity index (χ0) is 22.7. The standard InChI is InChI=1S/C29H22N5/c1-4-10-21(11-5-1)23-14-16-25(30-23)27-20-28(33-29(32-27)34-18-8-3-9-19-34)26-17-15-24(31-26)22-12-6-2-7-13-22/h1-20,30-31H/q+1. The highest BCUT2D eigenvalue weighted by Crippen LogP contribution is 2.28. The van der Waals surface area contributed by atoms with Crippen LogP contribution < -0.4 is 4.57 Å². The first-order valence-corrected chi connectivity index (χ1v) is 11.2. The molecule has 0 saturated carbocycles. The third kappa shape index (κ3) is 3.91. The van der Waals surface area contributed by atoms with Crippen LogP contribution in [0.15, 0.2) is 122 Å². The van der Waals surface area contributed by atoms with Gasteiger partial charge >= 0.3 is 5.95 Å². The van der Waals surface area contributed by atoms with Gasteiger partial charge in [-0.05, 0) is 47.5 Å². The van der Waals surface area contributed by atoms with Crippen molar-refractivity contribution in [3.63, 3.8) is 0 Å². The zero-order valence-corrected chi connectivity index (χ0v) is 18.4. The van der Waals surface area contributed by atoms with Crippen molar-refractivity contribution in [3.05, 3.63) is 122 Å². The third-order valence-electron chi connectivity index (χ3n) is 5.75. The van der Waals surface area contributed by atoms with Crippen LogP contribution in [0.25, 0.3) is 51.2 Å². The van der Waals surface area contributed by atoms with Crippen LogP contribution in [-0.2, 0) is 0 Å². The molecular formula is C29H22N5+. The summed E-state index contributed by atoms with van der Waals surface area (Å²) in [6, 6.07) is 36.8. The predicted octanol–water partition coefficient (Wildman–Crippen LogP) is 6.08. The van der Waals surface area contributed by atoms with E-state index in [-0.39, 0.29) is 0 Å². The van der Waals surface area contributed by atoms with E-state index < -0.39 is 0 Å². The van der Waals surface area contributed by atoms with Gasteiger partial charge in [0, 0.05) is 17.5 Å². The van der Waals surface area contributed by atoms with Crippen LogP contribution in [0.3, 0.4) is 0 Å². The van der Waals surface area contributed by atoms with Gasteiger partial charge < -0.3 is 9.97 Å². The van der Waals surface area contributed by atoms with Crippen LogP contribution in [-0.4, -0.2) is 19.9 Å². The van der Waals surface area contributed by atoms with Crippen molar-refractivity contribution in [2.24, 2.45) is 0 Å². The summed E-state index contributed by atoms with van der Waals surface area (Å²) in [5, 5.41) is 0. The predicted molar refractivity (Wildman–Crippen MR) is 134 cm³/mol. The molecule has 6 aromatic rings. The summed E-state index contributed by atoms with van der Waals surface area (Å²) >= 11 is 0. The van der Waals surface area contributed by atoms with E-state index in [0.717, 1.165) is 45.3 Å². The number of pyridine rings is 1.